The Morgan fingerprint density at radius 1 is 1.41 bits per heavy atom. The number of aliphatic hydroxyl groups excluding tert-OH is 1. The number of aromatic nitrogens is 1. The second-order valence-corrected chi connectivity index (χ2v) is 5.67. The van der Waals surface area contributed by atoms with Crippen LogP contribution < -0.4 is 0 Å². The van der Waals surface area contributed by atoms with Gasteiger partial charge in [-0.25, -0.2) is 9.29 Å². The molecule has 1 aliphatic rings. The molecular weight excluding hydrogens is 244 g/mol. The third-order valence-corrected chi connectivity index (χ3v) is 4.60. The van der Waals surface area contributed by atoms with Gasteiger partial charge in [-0.2, -0.15) is 8.42 Å². The van der Waals surface area contributed by atoms with Crippen molar-refractivity contribution in [1.29, 1.82) is 0 Å². The van der Waals surface area contributed by atoms with Crippen molar-refractivity contribution in [2.75, 3.05) is 0 Å². The predicted octanol–water partition coefficient (Wildman–Crippen LogP) is -0.00460. The molecule has 2 rings (SSSR count). The van der Waals surface area contributed by atoms with E-state index in [4.69, 9.17) is 0 Å². The number of aliphatic hydroxyl groups is 1. The molecule has 2 atom stereocenters. The van der Waals surface area contributed by atoms with Crippen LogP contribution in [0.2, 0.25) is 0 Å². The number of rotatable bonds is 2. The Hall–Kier alpha value is -1.47. The van der Waals surface area contributed by atoms with E-state index < -0.39 is 28.1 Å². The second kappa shape index (κ2) is 3.78. The summed E-state index contributed by atoms with van der Waals surface area (Å²) in [5, 5.41) is 9.19. The summed E-state index contributed by atoms with van der Waals surface area (Å²) in [6.07, 6.45) is 0.378. The fraction of sp³-hybridized carbons (Fsp3) is 0.400. The van der Waals surface area contributed by atoms with Crippen LogP contribution in [0.3, 0.4) is 0 Å². The van der Waals surface area contributed by atoms with E-state index in [0.29, 0.717) is 4.31 Å². The Morgan fingerprint density at radius 2 is 2.06 bits per heavy atom. The number of hydrogen-bond donors (Lipinski definition) is 1. The normalized spacial score (nSPS) is 21.1. The maximum absolute atomic E-state index is 12.1. The van der Waals surface area contributed by atoms with Gasteiger partial charge in [0.1, 0.15) is 0 Å². The van der Waals surface area contributed by atoms with Gasteiger partial charge in [0.25, 0.3) is 15.9 Å². The van der Waals surface area contributed by atoms with E-state index in [1.54, 1.807) is 0 Å². The van der Waals surface area contributed by atoms with Crippen LogP contribution in [0.1, 0.15) is 24.2 Å². The summed E-state index contributed by atoms with van der Waals surface area (Å²) < 4.78 is 24.8. The van der Waals surface area contributed by atoms with Crippen LogP contribution in [0.4, 0.5) is 0 Å². The zero-order valence-electron chi connectivity index (χ0n) is 9.36. The van der Waals surface area contributed by atoms with E-state index in [-0.39, 0.29) is 10.6 Å². The molecule has 7 heteroatoms. The molecule has 17 heavy (non-hydrogen) atoms. The van der Waals surface area contributed by atoms with Crippen LogP contribution in [0.15, 0.2) is 23.4 Å². The molecule has 92 valence electrons. The minimum Gasteiger partial charge on any atom is -0.391 e. The van der Waals surface area contributed by atoms with E-state index >= 15 is 0 Å². The van der Waals surface area contributed by atoms with Crippen molar-refractivity contribution in [3.05, 3.63) is 23.9 Å². The van der Waals surface area contributed by atoms with Crippen molar-refractivity contribution < 1.29 is 18.3 Å². The number of nitrogens with zero attached hydrogens (tertiary/aromatic N) is 2. The maximum atomic E-state index is 12.1. The summed E-state index contributed by atoms with van der Waals surface area (Å²) in [5.74, 6) is -0.637. The maximum Gasteiger partial charge on any atom is 0.285 e. The lowest BCUT2D eigenvalue weighted by atomic mass is 10.2. The van der Waals surface area contributed by atoms with Crippen LogP contribution >= 0.6 is 0 Å². The first-order chi connectivity index (χ1) is 7.87. The number of sulfonamides is 1. The summed E-state index contributed by atoms with van der Waals surface area (Å²) in [5.41, 5.74) is 0.0556. The molecule has 1 aromatic rings. The Labute approximate surface area is 98.9 Å². The Balaban J connectivity index is 2.59. The summed E-state index contributed by atoms with van der Waals surface area (Å²) >= 11 is 0. The van der Waals surface area contributed by atoms with Crippen LogP contribution in [0.5, 0.6) is 0 Å². The molecule has 0 spiro atoms. The van der Waals surface area contributed by atoms with E-state index in [0.717, 1.165) is 0 Å². The van der Waals surface area contributed by atoms with Crippen molar-refractivity contribution in [3.8, 4) is 0 Å². The molecule has 0 saturated heterocycles. The van der Waals surface area contributed by atoms with Gasteiger partial charge < -0.3 is 5.11 Å². The second-order valence-electron chi connectivity index (χ2n) is 3.94. The average molecular weight is 256 g/mol. The van der Waals surface area contributed by atoms with Crippen molar-refractivity contribution >= 4 is 15.9 Å². The summed E-state index contributed by atoms with van der Waals surface area (Å²) in [6, 6.07) is 2.10. The molecule has 1 aromatic heterocycles. The molecule has 2 unspecified atom stereocenters. The standard InChI is InChI=1S/C10H12N2O4S/c1-6(7(2)13)12-10(14)8-4-3-5-11-9(8)17(12,15)16/h3-7,13H,1-2H3. The molecule has 2 heterocycles. The smallest absolute Gasteiger partial charge is 0.285 e. The topological polar surface area (TPSA) is 87.6 Å². The van der Waals surface area contributed by atoms with Crippen LogP contribution in [0.25, 0.3) is 0 Å². The Morgan fingerprint density at radius 3 is 2.59 bits per heavy atom. The minimum atomic E-state index is -3.93. The van der Waals surface area contributed by atoms with Crippen LogP contribution in [0, 0.1) is 0 Å². The SMILES string of the molecule is CC(O)C(C)N1C(=O)c2cccnc2S1(=O)=O. The largest absolute Gasteiger partial charge is 0.391 e. The van der Waals surface area contributed by atoms with Crippen molar-refractivity contribution in [3.63, 3.8) is 0 Å². The monoisotopic (exact) mass is 256 g/mol. The molecule has 6 nitrogen and oxygen atoms in total. The number of carbonyl (C=O) groups is 1. The number of amides is 1. The zero-order chi connectivity index (χ0) is 12.8. The van der Waals surface area contributed by atoms with E-state index in [1.165, 1.54) is 32.2 Å². The van der Waals surface area contributed by atoms with Gasteiger partial charge in [-0.15, -0.1) is 0 Å². The number of carbonyl (C=O) groups excluding carboxylic acids is 1. The lowest BCUT2D eigenvalue weighted by molar-refractivity contribution is 0.0696. The molecule has 1 aliphatic heterocycles. The average Bonchev–Trinajstić information content (AvgIpc) is 2.47. The number of pyridine rings is 1. The highest BCUT2D eigenvalue weighted by molar-refractivity contribution is 7.90. The quantitative estimate of drug-likeness (QED) is 0.804. The van der Waals surface area contributed by atoms with Gasteiger partial charge in [0.2, 0.25) is 0 Å². The molecule has 0 aromatic carbocycles. The molecule has 0 bridgehead atoms. The lowest BCUT2D eigenvalue weighted by Gasteiger charge is -2.24. The molecule has 1 amide bonds. The summed E-state index contributed by atoms with van der Waals surface area (Å²) in [6.45, 7) is 2.91. The molecule has 0 radical (unpaired) electrons. The molecule has 0 saturated carbocycles. The van der Waals surface area contributed by atoms with Gasteiger partial charge in [0, 0.05) is 6.20 Å². The van der Waals surface area contributed by atoms with Gasteiger partial charge in [-0.1, -0.05) is 0 Å². The summed E-state index contributed by atoms with van der Waals surface area (Å²) in [4.78, 5) is 15.7. The molecular formula is C10H12N2O4S. The fourth-order valence-corrected chi connectivity index (χ4v) is 3.42. The first-order valence-corrected chi connectivity index (χ1v) is 6.53. The Kier molecular flexibility index (Phi) is 2.67. The third-order valence-electron chi connectivity index (χ3n) is 2.77. The molecule has 0 fully saturated rings. The van der Waals surface area contributed by atoms with E-state index in [9.17, 15) is 18.3 Å². The van der Waals surface area contributed by atoms with Crippen molar-refractivity contribution in [2.24, 2.45) is 0 Å². The highest BCUT2D eigenvalue weighted by Gasteiger charge is 2.45. The van der Waals surface area contributed by atoms with Gasteiger partial charge in [-0.05, 0) is 26.0 Å². The first kappa shape index (κ1) is 12.0. The van der Waals surface area contributed by atoms with Gasteiger partial charge >= 0.3 is 0 Å². The Bertz CT molecular complexity index is 567. The van der Waals surface area contributed by atoms with Crippen molar-refractivity contribution in [2.45, 2.75) is 31.0 Å². The number of fused-ring (bicyclic) bond motifs is 1. The first-order valence-electron chi connectivity index (χ1n) is 5.09. The third kappa shape index (κ3) is 1.62. The minimum absolute atomic E-state index is 0.0556. The summed E-state index contributed by atoms with van der Waals surface area (Å²) in [7, 11) is -3.93. The number of hydrogen-bond acceptors (Lipinski definition) is 5. The van der Waals surface area contributed by atoms with E-state index in [1.807, 2.05) is 0 Å². The van der Waals surface area contributed by atoms with Crippen molar-refractivity contribution in [1.82, 2.24) is 9.29 Å². The molecule has 0 aliphatic carbocycles. The highest BCUT2D eigenvalue weighted by atomic mass is 32.2. The van der Waals surface area contributed by atoms with Crippen LogP contribution in [-0.2, 0) is 10.0 Å². The fourth-order valence-electron chi connectivity index (χ4n) is 1.68. The predicted molar refractivity (Wildman–Crippen MR) is 58.7 cm³/mol. The van der Waals surface area contributed by atoms with E-state index in [2.05, 4.69) is 4.98 Å². The zero-order valence-corrected chi connectivity index (χ0v) is 10.2. The van der Waals surface area contributed by atoms with Gasteiger partial charge in [0.15, 0.2) is 5.03 Å². The van der Waals surface area contributed by atoms with Gasteiger partial charge in [-0.3, -0.25) is 4.79 Å². The van der Waals surface area contributed by atoms with Gasteiger partial charge in [0.05, 0.1) is 17.7 Å². The highest BCUT2D eigenvalue weighted by Crippen LogP contribution is 2.30. The molecule has 1 N–H and O–H groups in total. The van der Waals surface area contributed by atoms with Crippen LogP contribution in [-0.4, -0.2) is 40.9 Å². The lowest BCUT2D eigenvalue weighted by Crippen LogP contribution is -2.43.